The van der Waals surface area contributed by atoms with Crippen LogP contribution < -0.4 is 9.46 Å². The Morgan fingerprint density at radius 2 is 2.14 bits per heavy atom. The highest BCUT2D eigenvalue weighted by Crippen LogP contribution is 2.21. The lowest BCUT2D eigenvalue weighted by Crippen LogP contribution is -2.45. The lowest BCUT2D eigenvalue weighted by molar-refractivity contribution is -0.0504. The molecule has 1 aliphatic heterocycles. The number of nitrogens with one attached hydrogen (secondary N) is 1. The molecule has 0 spiro atoms. The van der Waals surface area contributed by atoms with Gasteiger partial charge in [0.2, 0.25) is 0 Å². The Labute approximate surface area is 129 Å². The van der Waals surface area contributed by atoms with E-state index in [9.17, 15) is 17.2 Å². The van der Waals surface area contributed by atoms with Gasteiger partial charge in [0.15, 0.2) is 0 Å². The molecule has 1 fully saturated rings. The van der Waals surface area contributed by atoms with Gasteiger partial charge in [0.05, 0.1) is 0 Å². The van der Waals surface area contributed by atoms with E-state index in [1.165, 1.54) is 10.4 Å². The SMILES string of the molecule is C[C@@H]1CCCN(S(=O)(=O)NCc2ccccc2OC(F)F)C1. The summed E-state index contributed by atoms with van der Waals surface area (Å²) in [7, 11) is -3.62. The first-order chi connectivity index (χ1) is 10.4. The number of benzene rings is 1. The summed E-state index contributed by atoms with van der Waals surface area (Å²) >= 11 is 0. The molecule has 1 aromatic carbocycles. The Bertz CT molecular complexity index is 596. The molecule has 1 aromatic rings. The van der Waals surface area contributed by atoms with Crippen LogP contribution in [0.2, 0.25) is 0 Å². The van der Waals surface area contributed by atoms with E-state index in [2.05, 4.69) is 9.46 Å². The van der Waals surface area contributed by atoms with E-state index in [1.54, 1.807) is 18.2 Å². The van der Waals surface area contributed by atoms with E-state index in [1.807, 2.05) is 6.92 Å². The van der Waals surface area contributed by atoms with Crippen molar-refractivity contribution in [2.45, 2.75) is 32.9 Å². The molecule has 22 heavy (non-hydrogen) atoms. The molecule has 5 nitrogen and oxygen atoms in total. The van der Waals surface area contributed by atoms with Crippen molar-refractivity contribution in [3.05, 3.63) is 29.8 Å². The third-order valence-corrected chi connectivity index (χ3v) is 5.11. The molecule has 0 aromatic heterocycles. The summed E-state index contributed by atoms with van der Waals surface area (Å²) in [5.74, 6) is 0.298. The van der Waals surface area contributed by atoms with E-state index in [-0.39, 0.29) is 12.3 Å². The maximum atomic E-state index is 12.3. The first-order valence-corrected chi connectivity index (χ1v) is 8.60. The summed E-state index contributed by atoms with van der Waals surface area (Å²) in [4.78, 5) is 0. The molecule has 0 bridgehead atoms. The Morgan fingerprint density at radius 3 is 2.82 bits per heavy atom. The van der Waals surface area contributed by atoms with Crippen molar-refractivity contribution in [3.8, 4) is 5.75 Å². The predicted molar refractivity (Wildman–Crippen MR) is 78.8 cm³/mol. The van der Waals surface area contributed by atoms with Gasteiger partial charge in [-0.05, 0) is 24.8 Å². The summed E-state index contributed by atoms with van der Waals surface area (Å²) in [6, 6.07) is 6.14. The first kappa shape index (κ1) is 17.1. The van der Waals surface area contributed by atoms with Gasteiger partial charge in [0, 0.05) is 25.2 Å². The third kappa shape index (κ3) is 4.62. The summed E-state index contributed by atoms with van der Waals surface area (Å²) < 4.78 is 57.5. The second-order valence-corrected chi connectivity index (χ2v) is 7.17. The summed E-state index contributed by atoms with van der Waals surface area (Å²) in [5, 5.41) is 0. The van der Waals surface area contributed by atoms with Crippen molar-refractivity contribution in [3.63, 3.8) is 0 Å². The number of alkyl halides is 2. The van der Waals surface area contributed by atoms with Crippen LogP contribution in [0.15, 0.2) is 24.3 Å². The van der Waals surface area contributed by atoms with Crippen LogP contribution >= 0.6 is 0 Å². The number of rotatable bonds is 6. The second kappa shape index (κ2) is 7.34. The number of para-hydroxylation sites is 1. The molecule has 1 atom stereocenters. The molecule has 1 saturated heterocycles. The Hall–Kier alpha value is -1.25. The van der Waals surface area contributed by atoms with E-state index in [0.717, 1.165) is 12.8 Å². The van der Waals surface area contributed by atoms with Crippen molar-refractivity contribution in [1.82, 2.24) is 9.03 Å². The molecule has 124 valence electrons. The Morgan fingerprint density at radius 1 is 1.41 bits per heavy atom. The van der Waals surface area contributed by atoms with Crippen LogP contribution in [0.4, 0.5) is 8.78 Å². The average molecular weight is 334 g/mol. The Balaban J connectivity index is 2.03. The fourth-order valence-corrected chi connectivity index (χ4v) is 3.83. The average Bonchev–Trinajstić information content (AvgIpc) is 2.46. The van der Waals surface area contributed by atoms with E-state index in [4.69, 9.17) is 0 Å². The van der Waals surface area contributed by atoms with Crippen LogP contribution in [0.3, 0.4) is 0 Å². The lowest BCUT2D eigenvalue weighted by atomic mass is 10.0. The van der Waals surface area contributed by atoms with Crippen molar-refractivity contribution < 1.29 is 21.9 Å². The largest absolute Gasteiger partial charge is 0.434 e. The van der Waals surface area contributed by atoms with Gasteiger partial charge in [0.1, 0.15) is 5.75 Å². The zero-order valence-corrected chi connectivity index (χ0v) is 13.2. The van der Waals surface area contributed by atoms with E-state index >= 15 is 0 Å². The molecule has 1 heterocycles. The molecule has 8 heteroatoms. The van der Waals surface area contributed by atoms with Gasteiger partial charge in [-0.3, -0.25) is 0 Å². The molecule has 1 N–H and O–H groups in total. The van der Waals surface area contributed by atoms with Crippen LogP contribution in [-0.4, -0.2) is 32.4 Å². The maximum Gasteiger partial charge on any atom is 0.387 e. The van der Waals surface area contributed by atoms with Crippen LogP contribution in [0.25, 0.3) is 0 Å². The Kier molecular flexibility index (Phi) is 5.71. The number of halogens is 2. The van der Waals surface area contributed by atoms with Gasteiger partial charge >= 0.3 is 6.61 Å². The van der Waals surface area contributed by atoms with E-state index < -0.39 is 16.8 Å². The zero-order valence-electron chi connectivity index (χ0n) is 12.3. The first-order valence-electron chi connectivity index (χ1n) is 7.16. The zero-order chi connectivity index (χ0) is 16.2. The normalized spacial score (nSPS) is 20.3. The topological polar surface area (TPSA) is 58.6 Å². The summed E-state index contributed by atoms with van der Waals surface area (Å²) in [6.45, 7) is -0.0659. The van der Waals surface area contributed by atoms with Gasteiger partial charge in [-0.1, -0.05) is 25.1 Å². The predicted octanol–water partition coefficient (Wildman–Crippen LogP) is 2.35. The van der Waals surface area contributed by atoms with Crippen LogP contribution in [0.5, 0.6) is 5.75 Å². The molecule has 1 aliphatic rings. The third-order valence-electron chi connectivity index (χ3n) is 3.59. The van der Waals surface area contributed by atoms with Crippen LogP contribution in [0.1, 0.15) is 25.3 Å². The number of ether oxygens (including phenoxy) is 1. The van der Waals surface area contributed by atoms with Gasteiger partial charge in [-0.15, -0.1) is 0 Å². The molecule has 0 unspecified atom stereocenters. The highest BCUT2D eigenvalue weighted by Gasteiger charge is 2.26. The lowest BCUT2D eigenvalue weighted by Gasteiger charge is -2.30. The van der Waals surface area contributed by atoms with Gasteiger partial charge in [-0.2, -0.15) is 26.2 Å². The van der Waals surface area contributed by atoms with Crippen LogP contribution in [-0.2, 0) is 16.8 Å². The van der Waals surface area contributed by atoms with Crippen molar-refractivity contribution in [2.75, 3.05) is 13.1 Å². The van der Waals surface area contributed by atoms with Crippen molar-refractivity contribution in [2.24, 2.45) is 5.92 Å². The van der Waals surface area contributed by atoms with E-state index in [0.29, 0.717) is 24.6 Å². The number of hydrogen-bond donors (Lipinski definition) is 1. The van der Waals surface area contributed by atoms with Gasteiger partial charge < -0.3 is 4.74 Å². The summed E-state index contributed by atoms with van der Waals surface area (Å²) in [6.07, 6.45) is 1.84. The standard InChI is InChI=1S/C14H20F2N2O3S/c1-11-5-4-8-18(10-11)22(19,20)17-9-12-6-2-3-7-13(12)21-14(15)16/h2-3,6-7,11,14,17H,4-5,8-10H2,1H3/t11-/m1/s1. The highest BCUT2D eigenvalue weighted by molar-refractivity contribution is 7.87. The number of nitrogens with zero attached hydrogens (tertiary/aromatic N) is 1. The maximum absolute atomic E-state index is 12.3. The molecular weight excluding hydrogens is 314 g/mol. The molecule has 2 rings (SSSR count). The minimum atomic E-state index is -3.62. The minimum absolute atomic E-state index is 0.0211. The number of piperidine rings is 1. The second-order valence-electron chi connectivity index (χ2n) is 5.42. The quantitative estimate of drug-likeness (QED) is 0.869. The molecular formula is C14H20F2N2O3S. The van der Waals surface area contributed by atoms with Crippen LogP contribution in [0, 0.1) is 5.92 Å². The molecule has 0 aliphatic carbocycles. The minimum Gasteiger partial charge on any atom is -0.434 e. The number of hydrogen-bond acceptors (Lipinski definition) is 3. The molecule has 0 radical (unpaired) electrons. The van der Waals surface area contributed by atoms with Gasteiger partial charge in [0.25, 0.3) is 10.2 Å². The summed E-state index contributed by atoms with van der Waals surface area (Å²) in [5.41, 5.74) is 0.372. The molecule has 0 saturated carbocycles. The molecule has 0 amide bonds. The van der Waals surface area contributed by atoms with Crippen molar-refractivity contribution >= 4 is 10.2 Å². The fourth-order valence-electron chi connectivity index (χ4n) is 2.49. The smallest absolute Gasteiger partial charge is 0.387 e. The van der Waals surface area contributed by atoms with Gasteiger partial charge in [-0.25, -0.2) is 0 Å². The monoisotopic (exact) mass is 334 g/mol. The highest BCUT2D eigenvalue weighted by atomic mass is 32.2. The fraction of sp³-hybridized carbons (Fsp3) is 0.571. The van der Waals surface area contributed by atoms with Crippen molar-refractivity contribution in [1.29, 1.82) is 0 Å².